The van der Waals surface area contributed by atoms with Crippen LogP contribution in [0.5, 0.6) is 0 Å². The SMILES string of the molecule is O=C(NCc1ccc(Cn2cnc3ccccc32)cc1)c1cc2cc(F)ccc2[nH]1. The lowest BCUT2D eigenvalue weighted by molar-refractivity contribution is 0.0946. The van der Waals surface area contributed by atoms with E-state index in [9.17, 15) is 9.18 Å². The molecule has 5 aromatic rings. The average Bonchev–Trinajstić information content (AvgIpc) is 3.37. The minimum absolute atomic E-state index is 0.222. The number of carbonyl (C=O) groups excluding carboxylic acids is 1. The highest BCUT2D eigenvalue weighted by Crippen LogP contribution is 2.17. The summed E-state index contributed by atoms with van der Waals surface area (Å²) in [5, 5.41) is 3.58. The molecule has 1 amide bonds. The monoisotopic (exact) mass is 398 g/mol. The zero-order valence-electron chi connectivity index (χ0n) is 16.1. The predicted octanol–water partition coefficient (Wildman–Crippen LogP) is 4.64. The summed E-state index contributed by atoms with van der Waals surface area (Å²) in [6.07, 6.45) is 1.85. The van der Waals surface area contributed by atoms with Gasteiger partial charge >= 0.3 is 0 Å². The van der Waals surface area contributed by atoms with Crippen molar-refractivity contribution in [2.24, 2.45) is 0 Å². The van der Waals surface area contributed by atoms with Crippen LogP contribution in [0.1, 0.15) is 21.6 Å². The number of benzene rings is 3. The van der Waals surface area contributed by atoms with Gasteiger partial charge in [0.05, 0.1) is 17.4 Å². The Bertz CT molecular complexity index is 1350. The Labute approximate surface area is 172 Å². The standard InChI is InChI=1S/C24H19FN4O/c25-19-9-10-20-18(11-19)12-22(28-20)24(30)26-13-16-5-7-17(8-6-16)14-29-15-27-21-3-1-2-4-23(21)29/h1-12,15,28H,13-14H2,(H,26,30). The van der Waals surface area contributed by atoms with Gasteiger partial charge in [-0.2, -0.15) is 0 Å². The van der Waals surface area contributed by atoms with Gasteiger partial charge < -0.3 is 14.9 Å². The van der Waals surface area contributed by atoms with E-state index in [1.165, 1.54) is 12.1 Å². The zero-order chi connectivity index (χ0) is 20.5. The van der Waals surface area contributed by atoms with Crippen LogP contribution in [0.15, 0.2) is 79.1 Å². The predicted molar refractivity (Wildman–Crippen MR) is 115 cm³/mol. The summed E-state index contributed by atoms with van der Waals surface area (Å²) in [5.74, 6) is -0.544. The largest absolute Gasteiger partial charge is 0.351 e. The smallest absolute Gasteiger partial charge is 0.267 e. The third kappa shape index (κ3) is 3.55. The van der Waals surface area contributed by atoms with Crippen molar-refractivity contribution >= 4 is 27.8 Å². The van der Waals surface area contributed by atoms with Gasteiger partial charge in [-0.05, 0) is 47.5 Å². The average molecular weight is 398 g/mol. The summed E-state index contributed by atoms with van der Waals surface area (Å²) in [7, 11) is 0. The van der Waals surface area contributed by atoms with Crippen LogP contribution in [-0.2, 0) is 13.1 Å². The fourth-order valence-electron chi connectivity index (χ4n) is 3.60. The molecule has 0 radical (unpaired) electrons. The number of rotatable bonds is 5. The van der Waals surface area contributed by atoms with Gasteiger partial charge in [0, 0.05) is 24.0 Å². The minimum atomic E-state index is -0.322. The number of amides is 1. The molecule has 5 rings (SSSR count). The third-order valence-electron chi connectivity index (χ3n) is 5.18. The van der Waals surface area contributed by atoms with E-state index in [0.717, 1.165) is 34.2 Å². The van der Waals surface area contributed by atoms with E-state index < -0.39 is 0 Å². The maximum atomic E-state index is 13.3. The number of hydrogen-bond acceptors (Lipinski definition) is 2. The molecule has 0 aliphatic carbocycles. The maximum absolute atomic E-state index is 13.3. The molecule has 0 saturated carbocycles. The number of H-pyrrole nitrogens is 1. The number of nitrogens with one attached hydrogen (secondary N) is 2. The fraction of sp³-hybridized carbons (Fsp3) is 0.0833. The van der Waals surface area contributed by atoms with Gasteiger partial charge in [-0.25, -0.2) is 9.37 Å². The molecular weight excluding hydrogens is 379 g/mol. The normalized spacial score (nSPS) is 11.2. The van der Waals surface area contributed by atoms with E-state index in [2.05, 4.69) is 38.1 Å². The van der Waals surface area contributed by atoms with Crippen molar-refractivity contribution in [1.82, 2.24) is 19.9 Å². The highest BCUT2D eigenvalue weighted by Gasteiger charge is 2.10. The van der Waals surface area contributed by atoms with Crippen LogP contribution < -0.4 is 5.32 Å². The van der Waals surface area contributed by atoms with E-state index in [1.54, 1.807) is 12.1 Å². The molecule has 0 aliphatic rings. The lowest BCUT2D eigenvalue weighted by Gasteiger charge is -2.07. The number of imidazole rings is 1. The highest BCUT2D eigenvalue weighted by molar-refractivity contribution is 5.97. The van der Waals surface area contributed by atoms with Crippen LogP contribution in [-0.4, -0.2) is 20.4 Å². The first-order valence-electron chi connectivity index (χ1n) is 9.70. The van der Waals surface area contributed by atoms with Gasteiger partial charge in [-0.15, -0.1) is 0 Å². The summed E-state index contributed by atoms with van der Waals surface area (Å²) in [6.45, 7) is 1.15. The Morgan fingerprint density at radius 2 is 1.80 bits per heavy atom. The molecule has 0 fully saturated rings. The zero-order valence-corrected chi connectivity index (χ0v) is 16.1. The van der Waals surface area contributed by atoms with Crippen LogP contribution in [0.2, 0.25) is 0 Å². The van der Waals surface area contributed by atoms with E-state index in [1.807, 2.05) is 36.7 Å². The second-order valence-corrected chi connectivity index (χ2v) is 7.27. The molecule has 0 saturated heterocycles. The molecule has 3 aromatic carbocycles. The summed E-state index contributed by atoms with van der Waals surface area (Å²) in [4.78, 5) is 19.9. The van der Waals surface area contributed by atoms with Gasteiger partial charge in [-0.3, -0.25) is 4.79 Å². The number of fused-ring (bicyclic) bond motifs is 2. The molecule has 0 spiro atoms. The Morgan fingerprint density at radius 1 is 1.00 bits per heavy atom. The Hall–Kier alpha value is -3.93. The Balaban J connectivity index is 1.24. The van der Waals surface area contributed by atoms with Crippen LogP contribution in [0.4, 0.5) is 4.39 Å². The number of halogens is 1. The van der Waals surface area contributed by atoms with Crippen molar-refractivity contribution < 1.29 is 9.18 Å². The second-order valence-electron chi connectivity index (χ2n) is 7.27. The number of carbonyl (C=O) groups is 1. The van der Waals surface area contributed by atoms with Gasteiger partial charge in [-0.1, -0.05) is 36.4 Å². The molecular formula is C24H19FN4O. The van der Waals surface area contributed by atoms with Crippen molar-refractivity contribution in [3.63, 3.8) is 0 Å². The molecule has 148 valence electrons. The molecule has 2 aromatic heterocycles. The van der Waals surface area contributed by atoms with E-state index in [4.69, 9.17) is 0 Å². The summed E-state index contributed by atoms with van der Waals surface area (Å²) in [6, 6.07) is 22.3. The number of aromatic amines is 1. The summed E-state index contributed by atoms with van der Waals surface area (Å²) >= 11 is 0. The number of para-hydroxylation sites is 2. The quantitative estimate of drug-likeness (QED) is 0.453. The molecule has 5 nitrogen and oxygen atoms in total. The number of hydrogen-bond donors (Lipinski definition) is 2. The minimum Gasteiger partial charge on any atom is -0.351 e. The van der Waals surface area contributed by atoms with Crippen molar-refractivity contribution in [3.8, 4) is 0 Å². The first-order chi connectivity index (χ1) is 14.7. The molecule has 0 atom stereocenters. The Kier molecular flexibility index (Phi) is 4.52. The van der Waals surface area contributed by atoms with Crippen LogP contribution in [0.3, 0.4) is 0 Å². The molecule has 0 unspecified atom stereocenters. The fourth-order valence-corrected chi connectivity index (χ4v) is 3.60. The van der Waals surface area contributed by atoms with Crippen molar-refractivity contribution in [2.75, 3.05) is 0 Å². The number of aromatic nitrogens is 3. The lowest BCUT2D eigenvalue weighted by Crippen LogP contribution is -2.23. The van der Waals surface area contributed by atoms with Crippen molar-refractivity contribution in [2.45, 2.75) is 13.1 Å². The first kappa shape index (κ1) is 18.1. The maximum Gasteiger partial charge on any atom is 0.267 e. The van der Waals surface area contributed by atoms with Gasteiger partial charge in [0.25, 0.3) is 5.91 Å². The van der Waals surface area contributed by atoms with E-state index >= 15 is 0 Å². The molecule has 0 bridgehead atoms. The molecule has 6 heteroatoms. The molecule has 0 aliphatic heterocycles. The highest BCUT2D eigenvalue weighted by atomic mass is 19.1. The lowest BCUT2D eigenvalue weighted by atomic mass is 10.1. The van der Waals surface area contributed by atoms with Crippen molar-refractivity contribution in [3.05, 3.63) is 102 Å². The third-order valence-corrected chi connectivity index (χ3v) is 5.18. The van der Waals surface area contributed by atoms with Gasteiger partial charge in [0.2, 0.25) is 0 Å². The Morgan fingerprint density at radius 3 is 2.67 bits per heavy atom. The molecule has 2 N–H and O–H groups in total. The molecule has 2 heterocycles. The van der Waals surface area contributed by atoms with Crippen LogP contribution in [0.25, 0.3) is 21.9 Å². The summed E-state index contributed by atoms with van der Waals surface area (Å²) < 4.78 is 15.4. The van der Waals surface area contributed by atoms with Crippen LogP contribution in [0, 0.1) is 5.82 Å². The van der Waals surface area contributed by atoms with Crippen molar-refractivity contribution in [1.29, 1.82) is 0 Å². The van der Waals surface area contributed by atoms with E-state index in [-0.39, 0.29) is 11.7 Å². The number of nitrogens with zero attached hydrogens (tertiary/aromatic N) is 2. The first-order valence-corrected chi connectivity index (χ1v) is 9.70. The van der Waals surface area contributed by atoms with Gasteiger partial charge in [0.15, 0.2) is 0 Å². The second kappa shape index (κ2) is 7.48. The molecule has 30 heavy (non-hydrogen) atoms. The van der Waals surface area contributed by atoms with E-state index in [0.29, 0.717) is 17.6 Å². The van der Waals surface area contributed by atoms with Gasteiger partial charge in [0.1, 0.15) is 11.5 Å². The summed E-state index contributed by atoms with van der Waals surface area (Å²) in [5.41, 5.74) is 5.40. The topological polar surface area (TPSA) is 62.7 Å². The van der Waals surface area contributed by atoms with Crippen LogP contribution >= 0.6 is 0 Å².